The van der Waals surface area contributed by atoms with Crippen LogP contribution in [0.1, 0.15) is 348 Å². The molecule has 102 heavy (non-hydrogen) atoms. The average molecular weight is 1440 g/mol. The van der Waals surface area contributed by atoms with Crippen molar-refractivity contribution in [3.05, 3.63) is 170 Å². The minimum atomic E-state index is -4.66. The summed E-state index contributed by atoms with van der Waals surface area (Å²) < 4.78 is 34.4. The molecular weight excluding hydrogens is 1280 g/mol. The number of hydrogen-bond acceptors (Lipinski definition) is 8. The third-order valence-corrected chi connectivity index (χ3v) is 18.7. The molecule has 0 aliphatic rings. The number of nitrogens with zero attached hydrogens (tertiary/aromatic N) is 1. The molecular formula is C92H156NO8P. The van der Waals surface area contributed by atoms with E-state index in [0.29, 0.717) is 17.4 Å². The number of phosphoric acid groups is 1. The van der Waals surface area contributed by atoms with Gasteiger partial charge in [-0.1, -0.05) is 377 Å². The summed E-state index contributed by atoms with van der Waals surface area (Å²) in [5.41, 5.74) is 0. The first kappa shape index (κ1) is 97.4. The normalized spacial score (nSPS) is 13.9. The van der Waals surface area contributed by atoms with E-state index in [1.165, 1.54) is 180 Å². The van der Waals surface area contributed by atoms with Gasteiger partial charge in [0.2, 0.25) is 0 Å². The first-order valence-electron chi connectivity index (χ1n) is 41.8. The summed E-state index contributed by atoms with van der Waals surface area (Å²) >= 11 is 0. The minimum Gasteiger partial charge on any atom is -0.756 e. The van der Waals surface area contributed by atoms with Crippen LogP contribution in [-0.4, -0.2) is 70.0 Å². The van der Waals surface area contributed by atoms with E-state index in [9.17, 15) is 19.0 Å². The van der Waals surface area contributed by atoms with Crippen LogP contribution in [0, 0.1) is 0 Å². The van der Waals surface area contributed by atoms with Gasteiger partial charge in [0.1, 0.15) is 19.8 Å². The number of unbranched alkanes of at least 4 members (excludes halogenated alkanes) is 34. The summed E-state index contributed by atoms with van der Waals surface area (Å²) in [6, 6.07) is 0. The van der Waals surface area contributed by atoms with Crippen molar-refractivity contribution in [1.29, 1.82) is 0 Å². The highest BCUT2D eigenvalue weighted by molar-refractivity contribution is 7.45. The molecule has 0 aliphatic heterocycles. The third-order valence-electron chi connectivity index (χ3n) is 17.7. The predicted octanol–water partition coefficient (Wildman–Crippen LogP) is 27.8. The summed E-state index contributed by atoms with van der Waals surface area (Å²) in [7, 11) is 1.16. The Morgan fingerprint density at radius 1 is 0.304 bits per heavy atom. The third kappa shape index (κ3) is 84.3. The van der Waals surface area contributed by atoms with Gasteiger partial charge >= 0.3 is 11.9 Å². The zero-order valence-corrected chi connectivity index (χ0v) is 67.4. The Kier molecular flexibility index (Phi) is 76.8. The summed E-state index contributed by atoms with van der Waals surface area (Å²) in [6.45, 7) is 4.03. The lowest BCUT2D eigenvalue weighted by Gasteiger charge is -2.28. The number of carbonyl (C=O) groups is 2. The van der Waals surface area contributed by atoms with Crippen LogP contribution in [0.3, 0.4) is 0 Å². The second kappa shape index (κ2) is 80.5. The molecule has 0 aromatic heterocycles. The number of ether oxygens (including phenoxy) is 2. The largest absolute Gasteiger partial charge is 0.756 e. The van der Waals surface area contributed by atoms with Crippen molar-refractivity contribution in [2.75, 3.05) is 47.5 Å². The van der Waals surface area contributed by atoms with Gasteiger partial charge < -0.3 is 27.9 Å². The number of rotatable bonds is 76. The van der Waals surface area contributed by atoms with E-state index in [2.05, 4.69) is 184 Å². The molecule has 0 heterocycles. The molecule has 0 radical (unpaired) electrons. The van der Waals surface area contributed by atoms with Gasteiger partial charge in [0, 0.05) is 12.8 Å². The van der Waals surface area contributed by atoms with Gasteiger partial charge in [0.25, 0.3) is 7.82 Å². The molecule has 10 heteroatoms. The van der Waals surface area contributed by atoms with Crippen molar-refractivity contribution in [3.63, 3.8) is 0 Å². The molecule has 2 atom stereocenters. The van der Waals surface area contributed by atoms with E-state index in [-0.39, 0.29) is 32.0 Å². The van der Waals surface area contributed by atoms with Crippen molar-refractivity contribution in [2.45, 2.75) is 354 Å². The highest BCUT2D eigenvalue weighted by Crippen LogP contribution is 2.38. The van der Waals surface area contributed by atoms with E-state index in [1.807, 2.05) is 21.1 Å². The molecule has 0 fully saturated rings. The smallest absolute Gasteiger partial charge is 0.306 e. The maximum absolute atomic E-state index is 12.9. The van der Waals surface area contributed by atoms with Gasteiger partial charge in [-0.15, -0.1) is 0 Å². The second-order valence-corrected chi connectivity index (χ2v) is 30.1. The first-order valence-corrected chi connectivity index (χ1v) is 43.3. The van der Waals surface area contributed by atoms with Crippen LogP contribution < -0.4 is 4.89 Å². The van der Waals surface area contributed by atoms with Gasteiger partial charge in [0.05, 0.1) is 27.7 Å². The van der Waals surface area contributed by atoms with Crippen LogP contribution >= 0.6 is 7.82 Å². The highest BCUT2D eigenvalue weighted by Gasteiger charge is 2.22. The lowest BCUT2D eigenvalue weighted by molar-refractivity contribution is -0.870. The summed E-state index contributed by atoms with van der Waals surface area (Å²) in [5, 5.41) is 0. The Balaban J connectivity index is 3.98. The lowest BCUT2D eigenvalue weighted by atomic mass is 10.0. The van der Waals surface area contributed by atoms with Crippen molar-refractivity contribution in [2.24, 2.45) is 0 Å². The molecule has 0 saturated heterocycles. The zero-order valence-electron chi connectivity index (χ0n) is 66.5. The van der Waals surface area contributed by atoms with Crippen LogP contribution in [0.2, 0.25) is 0 Å². The van der Waals surface area contributed by atoms with E-state index in [4.69, 9.17) is 18.5 Å². The zero-order chi connectivity index (χ0) is 74.0. The van der Waals surface area contributed by atoms with Crippen molar-refractivity contribution < 1.29 is 42.1 Å². The number of phosphoric ester groups is 1. The molecule has 0 rings (SSSR count). The number of allylic oxidation sites excluding steroid dienone is 28. The second-order valence-electron chi connectivity index (χ2n) is 28.7. The summed E-state index contributed by atoms with van der Waals surface area (Å²) in [4.78, 5) is 38.2. The minimum absolute atomic E-state index is 0.0375. The Labute approximate surface area is 629 Å². The molecule has 0 N–H and O–H groups in total. The maximum Gasteiger partial charge on any atom is 0.306 e. The number of esters is 2. The van der Waals surface area contributed by atoms with Crippen LogP contribution in [0.5, 0.6) is 0 Å². The van der Waals surface area contributed by atoms with E-state index >= 15 is 0 Å². The molecule has 0 aromatic carbocycles. The highest BCUT2D eigenvalue weighted by atomic mass is 31.2. The summed E-state index contributed by atoms with van der Waals surface area (Å²) in [5.74, 6) is -0.836. The molecule has 9 nitrogen and oxygen atoms in total. The molecule has 0 aromatic rings. The number of carbonyl (C=O) groups excluding carboxylic acids is 2. The molecule has 0 amide bonds. The van der Waals surface area contributed by atoms with Crippen LogP contribution in [0.4, 0.5) is 0 Å². The quantitative estimate of drug-likeness (QED) is 0.0195. The molecule has 0 bridgehead atoms. The van der Waals surface area contributed by atoms with Crippen LogP contribution in [0.25, 0.3) is 0 Å². The van der Waals surface area contributed by atoms with Crippen molar-refractivity contribution >= 4 is 19.8 Å². The summed E-state index contributed by atoms with van der Waals surface area (Å²) in [6.07, 6.45) is 122. The molecule has 0 spiro atoms. The van der Waals surface area contributed by atoms with Crippen molar-refractivity contribution in [1.82, 2.24) is 0 Å². The van der Waals surface area contributed by atoms with E-state index < -0.39 is 26.5 Å². The van der Waals surface area contributed by atoms with Gasteiger partial charge in [0.15, 0.2) is 6.10 Å². The fourth-order valence-corrected chi connectivity index (χ4v) is 12.2. The number of hydrogen-bond donors (Lipinski definition) is 0. The lowest BCUT2D eigenvalue weighted by Crippen LogP contribution is -2.37. The maximum atomic E-state index is 12.9. The predicted molar refractivity (Wildman–Crippen MR) is 443 cm³/mol. The molecule has 0 saturated carbocycles. The Bertz CT molecular complexity index is 2340. The fraction of sp³-hybridized carbons (Fsp3) is 0.674. The van der Waals surface area contributed by atoms with Crippen LogP contribution in [-0.2, 0) is 32.7 Å². The van der Waals surface area contributed by atoms with Gasteiger partial charge in [-0.3, -0.25) is 14.2 Å². The van der Waals surface area contributed by atoms with Gasteiger partial charge in [-0.05, 0) is 128 Å². The molecule has 2 unspecified atom stereocenters. The van der Waals surface area contributed by atoms with Crippen molar-refractivity contribution in [3.8, 4) is 0 Å². The SMILES string of the molecule is CC/C=C\C/C=C\C/C=C\C/C=C\C/C=C\C/C=C\C/C=C\C/C=C\C/C=C\CCCCCCCCCCCC(=O)OC(COC(=O)CCCCCCCCCCCCCCCCCCCCCCCCCCC/C=C\C/C=C\C/C=C\C/C=C\C/C=C\CC)COP(=O)([O-])OCC[N+](C)(C)C. The number of likely N-dealkylation sites (N-methyl/N-ethyl adjacent to an activating group) is 1. The Morgan fingerprint density at radius 2 is 0.529 bits per heavy atom. The average Bonchev–Trinajstić information content (AvgIpc) is 0.913. The monoisotopic (exact) mass is 1430 g/mol. The first-order chi connectivity index (χ1) is 50.0. The molecule has 582 valence electrons. The van der Waals surface area contributed by atoms with Gasteiger partial charge in [-0.2, -0.15) is 0 Å². The topological polar surface area (TPSA) is 111 Å². The fourth-order valence-electron chi connectivity index (χ4n) is 11.4. The Hall–Kier alpha value is -4.63. The Morgan fingerprint density at radius 3 is 0.784 bits per heavy atom. The van der Waals surface area contributed by atoms with Gasteiger partial charge in [-0.25, -0.2) is 0 Å². The van der Waals surface area contributed by atoms with E-state index in [1.54, 1.807) is 0 Å². The van der Waals surface area contributed by atoms with Crippen LogP contribution in [0.15, 0.2) is 170 Å². The van der Waals surface area contributed by atoms with E-state index in [0.717, 1.165) is 135 Å². The standard InChI is InChI=1S/C92H156NO8P/c1-6-8-10-12-14-16-18-20-22-24-26-28-30-32-34-36-38-40-42-44-45-46-47-49-50-52-54-56-58-60-62-64-66-68-70-72-74-76-78-80-82-84-91(94)98-88-90(89-100-102(96,97)99-87-86-93(3,4)5)101-92(95)85-83-81-79-77-75-73-71-69-67-65-63-61-59-57-55-53-51-48-43-41-39-37-35-33-31-29-27-25-23-21-19-17-15-13-11-9-7-2/h8-11,14-17,20-23,26-29,32-35,39,41,48,51,55,57,61,63,90H,6-7,12-13,18-19,24-25,30-31,36-38,40,42-47,49-50,52-54,56,58-60,62,64-89H2,1-5H3/b10-8-,11-9-,16-14-,17-15-,22-20-,23-21-,28-26-,29-27-,34-32-,35-33-,41-39-,51-48-,57-55-,63-61-. The number of quaternary nitrogens is 1. The molecule has 0 aliphatic carbocycles.